The van der Waals surface area contributed by atoms with E-state index in [2.05, 4.69) is 15.6 Å². The van der Waals surface area contributed by atoms with Crippen molar-refractivity contribution < 1.29 is 23.0 Å². The molecule has 0 spiro atoms. The first-order chi connectivity index (χ1) is 14.1. The maximum atomic E-state index is 13.8. The molecule has 1 heterocycles. The lowest BCUT2D eigenvalue weighted by Gasteiger charge is -2.10. The topological polar surface area (TPSA) is 72.5 Å². The van der Waals surface area contributed by atoms with Gasteiger partial charge in [0.15, 0.2) is 0 Å². The Labute approximate surface area is 166 Å². The lowest BCUT2D eigenvalue weighted by Crippen LogP contribution is -2.28. The van der Waals surface area contributed by atoms with Crippen molar-refractivity contribution in [1.29, 1.82) is 0 Å². The van der Waals surface area contributed by atoms with Gasteiger partial charge in [0, 0.05) is 11.9 Å². The van der Waals surface area contributed by atoms with Crippen molar-refractivity contribution in [3.8, 4) is 11.5 Å². The molecule has 0 radical (unpaired) electrons. The Kier molecular flexibility index (Phi) is 6.57. The molecule has 0 atom stereocenters. The molecule has 150 valence electrons. The number of ether oxygens (including phenoxy) is 2. The predicted octanol–water partition coefficient (Wildman–Crippen LogP) is 3.92. The van der Waals surface area contributed by atoms with Crippen molar-refractivity contribution in [2.75, 3.05) is 25.6 Å². The minimum atomic E-state index is -0.733. The molecule has 0 aliphatic carbocycles. The van der Waals surface area contributed by atoms with Gasteiger partial charge in [-0.1, -0.05) is 6.07 Å². The van der Waals surface area contributed by atoms with Crippen LogP contribution in [0.1, 0.15) is 10.5 Å². The Balaban J connectivity index is 1.53. The highest BCUT2D eigenvalue weighted by Crippen LogP contribution is 2.23. The fourth-order valence-electron chi connectivity index (χ4n) is 2.49. The van der Waals surface area contributed by atoms with Gasteiger partial charge >= 0.3 is 0 Å². The number of aromatic nitrogens is 1. The molecule has 29 heavy (non-hydrogen) atoms. The molecule has 0 fully saturated rings. The van der Waals surface area contributed by atoms with Crippen molar-refractivity contribution in [3.63, 3.8) is 0 Å². The average Bonchev–Trinajstić information content (AvgIpc) is 2.74. The van der Waals surface area contributed by atoms with E-state index >= 15 is 0 Å². The number of para-hydroxylation sites is 1. The molecule has 0 saturated carbocycles. The third-order valence-electron chi connectivity index (χ3n) is 3.94. The van der Waals surface area contributed by atoms with E-state index in [1.54, 1.807) is 31.4 Å². The summed E-state index contributed by atoms with van der Waals surface area (Å²) in [5.41, 5.74) is 0.151. The van der Waals surface area contributed by atoms with Gasteiger partial charge in [-0.2, -0.15) is 0 Å². The third kappa shape index (κ3) is 5.41. The van der Waals surface area contributed by atoms with Crippen LogP contribution < -0.4 is 20.1 Å². The third-order valence-corrected chi connectivity index (χ3v) is 3.94. The Morgan fingerprint density at radius 3 is 2.41 bits per heavy atom. The van der Waals surface area contributed by atoms with Crippen LogP contribution in [0.5, 0.6) is 11.5 Å². The lowest BCUT2D eigenvalue weighted by atomic mass is 10.2. The second-order valence-electron chi connectivity index (χ2n) is 5.93. The summed E-state index contributed by atoms with van der Waals surface area (Å²) in [5.74, 6) is -0.523. The second kappa shape index (κ2) is 9.50. The summed E-state index contributed by atoms with van der Waals surface area (Å²) in [4.78, 5) is 16.2. The molecular formula is C21H19F2N3O3. The maximum Gasteiger partial charge on any atom is 0.270 e. The van der Waals surface area contributed by atoms with Crippen LogP contribution in [0.4, 0.5) is 20.2 Å². The van der Waals surface area contributed by atoms with Gasteiger partial charge in [-0.3, -0.25) is 9.78 Å². The van der Waals surface area contributed by atoms with Gasteiger partial charge in [0.2, 0.25) is 0 Å². The van der Waals surface area contributed by atoms with E-state index in [1.165, 1.54) is 24.4 Å². The predicted molar refractivity (Wildman–Crippen MR) is 105 cm³/mol. The quantitative estimate of drug-likeness (QED) is 0.562. The molecule has 6 nitrogen and oxygen atoms in total. The van der Waals surface area contributed by atoms with Gasteiger partial charge < -0.3 is 20.1 Å². The van der Waals surface area contributed by atoms with E-state index < -0.39 is 17.5 Å². The van der Waals surface area contributed by atoms with Crippen LogP contribution in [0.25, 0.3) is 0 Å². The van der Waals surface area contributed by atoms with Gasteiger partial charge in [-0.15, -0.1) is 0 Å². The number of carbonyl (C=O) groups excluding carboxylic acids is 1. The largest absolute Gasteiger partial charge is 0.497 e. The first-order valence-corrected chi connectivity index (χ1v) is 8.79. The molecule has 1 aromatic heterocycles. The summed E-state index contributed by atoms with van der Waals surface area (Å²) in [6.45, 7) is 0.516. The minimum Gasteiger partial charge on any atom is -0.497 e. The molecule has 2 N–H and O–H groups in total. The van der Waals surface area contributed by atoms with Crippen molar-refractivity contribution in [2.24, 2.45) is 0 Å². The summed E-state index contributed by atoms with van der Waals surface area (Å²) < 4.78 is 38.1. The van der Waals surface area contributed by atoms with Crippen molar-refractivity contribution in [3.05, 3.63) is 78.1 Å². The number of nitrogens with one attached hydrogen (secondary N) is 2. The van der Waals surface area contributed by atoms with Crippen LogP contribution in [0.15, 0.2) is 60.8 Å². The monoisotopic (exact) mass is 399 g/mol. The Morgan fingerprint density at radius 1 is 1.03 bits per heavy atom. The molecule has 0 aliphatic rings. The first-order valence-electron chi connectivity index (χ1n) is 8.79. The maximum absolute atomic E-state index is 13.8. The summed E-state index contributed by atoms with van der Waals surface area (Å²) in [6.07, 6.45) is 1.38. The van der Waals surface area contributed by atoms with Gasteiger partial charge in [0.25, 0.3) is 5.91 Å². The van der Waals surface area contributed by atoms with Gasteiger partial charge in [0.1, 0.15) is 41.1 Å². The zero-order valence-electron chi connectivity index (χ0n) is 15.6. The first kappa shape index (κ1) is 20.1. The molecule has 2 aromatic carbocycles. The standard InChI is InChI=1S/C21H19F2N3O3/c1-28-15-5-7-16(8-6-15)29-12-11-25-21(27)19-13-14(9-10-24-19)26-20-17(22)3-2-4-18(20)23/h2-10,13H,11-12H2,1H3,(H,24,26)(H,25,27). The second-order valence-corrected chi connectivity index (χ2v) is 5.93. The number of nitrogens with zero attached hydrogens (tertiary/aromatic N) is 1. The van der Waals surface area contributed by atoms with E-state index in [9.17, 15) is 13.6 Å². The fraction of sp³-hybridized carbons (Fsp3) is 0.143. The number of hydrogen-bond acceptors (Lipinski definition) is 5. The number of carbonyl (C=O) groups is 1. The summed E-state index contributed by atoms with van der Waals surface area (Å²) in [5, 5.41) is 5.31. The van der Waals surface area contributed by atoms with Crippen molar-refractivity contribution in [1.82, 2.24) is 10.3 Å². The number of amides is 1. The molecule has 3 rings (SSSR count). The van der Waals surface area contributed by atoms with E-state index in [4.69, 9.17) is 9.47 Å². The number of halogens is 2. The molecule has 0 saturated heterocycles. The van der Waals surface area contributed by atoms with Crippen LogP contribution in [0.3, 0.4) is 0 Å². The number of benzene rings is 2. The van der Waals surface area contributed by atoms with Crippen LogP contribution in [0, 0.1) is 11.6 Å². The van der Waals surface area contributed by atoms with Crippen LogP contribution >= 0.6 is 0 Å². The van der Waals surface area contributed by atoms with E-state index in [-0.39, 0.29) is 24.5 Å². The van der Waals surface area contributed by atoms with Crippen molar-refractivity contribution >= 4 is 17.3 Å². The number of pyridine rings is 1. The lowest BCUT2D eigenvalue weighted by molar-refractivity contribution is 0.0942. The fourth-order valence-corrected chi connectivity index (χ4v) is 2.49. The number of rotatable bonds is 8. The summed E-state index contributed by atoms with van der Waals surface area (Å²) in [7, 11) is 1.58. The highest BCUT2D eigenvalue weighted by atomic mass is 19.1. The SMILES string of the molecule is COc1ccc(OCCNC(=O)c2cc(Nc3c(F)cccc3F)ccn2)cc1. The average molecular weight is 399 g/mol. The molecule has 3 aromatic rings. The van der Waals surface area contributed by atoms with E-state index in [0.29, 0.717) is 11.4 Å². The summed E-state index contributed by atoms with van der Waals surface area (Å²) >= 11 is 0. The number of hydrogen-bond donors (Lipinski definition) is 2. The minimum absolute atomic E-state index is 0.108. The van der Waals surface area contributed by atoms with Gasteiger partial charge in [0.05, 0.1) is 13.7 Å². The Hall–Kier alpha value is -3.68. The van der Waals surface area contributed by atoms with E-state index in [1.807, 2.05) is 0 Å². The smallest absolute Gasteiger partial charge is 0.270 e. The molecule has 1 amide bonds. The van der Waals surface area contributed by atoms with Crippen LogP contribution in [-0.2, 0) is 0 Å². The Bertz CT molecular complexity index is 961. The van der Waals surface area contributed by atoms with Crippen molar-refractivity contribution in [2.45, 2.75) is 0 Å². The van der Waals surface area contributed by atoms with Crippen LogP contribution in [0.2, 0.25) is 0 Å². The molecule has 0 bridgehead atoms. The highest BCUT2D eigenvalue weighted by molar-refractivity contribution is 5.93. The molecule has 8 heteroatoms. The van der Waals surface area contributed by atoms with Gasteiger partial charge in [-0.25, -0.2) is 8.78 Å². The molecule has 0 aliphatic heterocycles. The number of anilines is 2. The summed E-state index contributed by atoms with van der Waals surface area (Å²) in [6, 6.07) is 13.5. The molecule has 0 unspecified atom stereocenters. The number of methoxy groups -OCH3 is 1. The Morgan fingerprint density at radius 2 is 1.72 bits per heavy atom. The van der Waals surface area contributed by atoms with Gasteiger partial charge in [-0.05, 0) is 48.5 Å². The normalized spacial score (nSPS) is 10.3. The van der Waals surface area contributed by atoms with Crippen LogP contribution in [-0.4, -0.2) is 31.2 Å². The molecular weight excluding hydrogens is 380 g/mol. The zero-order chi connectivity index (χ0) is 20.6. The van der Waals surface area contributed by atoms with E-state index in [0.717, 1.165) is 17.9 Å². The highest BCUT2D eigenvalue weighted by Gasteiger charge is 2.11. The zero-order valence-corrected chi connectivity index (χ0v) is 15.6.